The number of hydrogen-bond donors (Lipinski definition) is 1. The monoisotopic (exact) mass is 480 g/mol. The van der Waals surface area contributed by atoms with Gasteiger partial charge in [0.15, 0.2) is 0 Å². The Kier molecular flexibility index (Phi) is 6.19. The van der Waals surface area contributed by atoms with Crippen LogP contribution in [0.1, 0.15) is 25.3 Å². The highest BCUT2D eigenvalue weighted by Crippen LogP contribution is 2.36. The minimum absolute atomic E-state index is 0.0448. The van der Waals surface area contributed by atoms with Crippen molar-refractivity contribution >= 4 is 32.9 Å². The van der Waals surface area contributed by atoms with Gasteiger partial charge in [-0.25, -0.2) is 13.4 Å². The van der Waals surface area contributed by atoms with Crippen LogP contribution in [0.3, 0.4) is 0 Å². The van der Waals surface area contributed by atoms with E-state index in [2.05, 4.69) is 10.3 Å². The molecular weight excluding hydrogens is 457 g/mol. The largest absolute Gasteiger partial charge is 0.417 e. The Morgan fingerprint density at radius 1 is 1.09 bits per heavy atom. The summed E-state index contributed by atoms with van der Waals surface area (Å²) in [5, 5.41) is 2.83. The molecule has 0 spiro atoms. The minimum Gasteiger partial charge on any atom is -0.310 e. The average molecular weight is 481 g/mol. The molecule has 0 saturated carbocycles. The number of alkyl halides is 3. The number of sulfonamides is 1. The van der Waals surface area contributed by atoms with Crippen molar-refractivity contribution < 1.29 is 26.4 Å². The van der Waals surface area contributed by atoms with Crippen LogP contribution in [0.15, 0.2) is 53.4 Å². The number of nitrogens with one attached hydrogen (secondary N) is 1. The molecule has 2 aromatic carbocycles. The smallest absolute Gasteiger partial charge is 0.310 e. The van der Waals surface area contributed by atoms with E-state index in [0.717, 1.165) is 33.5 Å². The van der Waals surface area contributed by atoms with Gasteiger partial charge in [0.25, 0.3) is 0 Å². The molecule has 1 N–H and O–H groups in total. The van der Waals surface area contributed by atoms with Crippen molar-refractivity contribution in [3.05, 3.63) is 54.1 Å². The van der Waals surface area contributed by atoms with Crippen molar-refractivity contribution in [1.29, 1.82) is 0 Å². The summed E-state index contributed by atoms with van der Waals surface area (Å²) < 4.78 is 68.7. The molecule has 4 rings (SSSR count). The normalized spacial score (nSPS) is 16.2. The number of carbonyl (C=O) groups excluding carboxylic acids is 1. The van der Waals surface area contributed by atoms with Gasteiger partial charge in [-0.2, -0.15) is 17.5 Å². The standard InChI is InChI=1S/C22H23F3N4O3S/c1-2-29-18-9-5-4-8-17(18)26-21(29)27-20(30)15-11-13-28(14-12-15)33(31,32)19-10-6-3-7-16(19)22(23,24)25/h3-10,15H,2,11-14H2,1H3,(H,26,27,30). The number of amides is 1. The zero-order valence-electron chi connectivity index (χ0n) is 17.8. The highest BCUT2D eigenvalue weighted by Gasteiger charge is 2.40. The Morgan fingerprint density at radius 3 is 2.39 bits per heavy atom. The van der Waals surface area contributed by atoms with Gasteiger partial charge in [0.2, 0.25) is 21.9 Å². The molecule has 1 fully saturated rings. The summed E-state index contributed by atoms with van der Waals surface area (Å²) in [6.07, 6.45) is -4.39. The van der Waals surface area contributed by atoms with E-state index >= 15 is 0 Å². The number of rotatable bonds is 5. The molecule has 1 saturated heterocycles. The van der Waals surface area contributed by atoms with E-state index in [-0.39, 0.29) is 31.8 Å². The molecule has 1 aromatic heterocycles. The van der Waals surface area contributed by atoms with Crippen LogP contribution in [0.2, 0.25) is 0 Å². The van der Waals surface area contributed by atoms with Crippen molar-refractivity contribution in [2.75, 3.05) is 18.4 Å². The second kappa shape index (κ2) is 8.79. The number of aromatic nitrogens is 2. The minimum atomic E-state index is -4.79. The van der Waals surface area contributed by atoms with Gasteiger partial charge in [0.1, 0.15) is 0 Å². The van der Waals surface area contributed by atoms with Gasteiger partial charge in [-0.05, 0) is 44.0 Å². The van der Waals surface area contributed by atoms with Crippen molar-refractivity contribution in [2.45, 2.75) is 37.4 Å². The van der Waals surface area contributed by atoms with Gasteiger partial charge >= 0.3 is 6.18 Å². The van der Waals surface area contributed by atoms with E-state index in [1.165, 1.54) is 6.07 Å². The Hall–Kier alpha value is -2.92. The highest BCUT2D eigenvalue weighted by atomic mass is 32.2. The average Bonchev–Trinajstić information content (AvgIpc) is 3.15. The molecule has 176 valence electrons. The Morgan fingerprint density at radius 2 is 1.73 bits per heavy atom. The van der Waals surface area contributed by atoms with Crippen LogP contribution in [0.25, 0.3) is 11.0 Å². The molecule has 1 aliphatic heterocycles. The van der Waals surface area contributed by atoms with E-state index in [1.54, 1.807) is 0 Å². The highest BCUT2D eigenvalue weighted by molar-refractivity contribution is 7.89. The molecule has 1 amide bonds. The SMILES string of the molecule is CCn1c(NC(=O)C2CCN(S(=O)(=O)c3ccccc3C(F)(F)F)CC2)nc2ccccc21. The second-order valence-corrected chi connectivity index (χ2v) is 9.74. The number of halogens is 3. The fraction of sp³-hybridized carbons (Fsp3) is 0.364. The Labute approximate surface area is 189 Å². The molecule has 2 heterocycles. The number of carbonyl (C=O) groups is 1. The number of piperidine rings is 1. The third-order valence-corrected chi connectivity index (χ3v) is 7.80. The molecule has 0 aliphatic carbocycles. The molecule has 11 heteroatoms. The van der Waals surface area contributed by atoms with Gasteiger partial charge < -0.3 is 4.57 Å². The Bertz CT molecular complexity index is 1280. The van der Waals surface area contributed by atoms with Gasteiger partial charge in [-0.3, -0.25) is 10.1 Å². The predicted octanol–water partition coefficient (Wildman–Crippen LogP) is 4.11. The maximum Gasteiger partial charge on any atom is 0.417 e. The number of benzene rings is 2. The van der Waals surface area contributed by atoms with Crippen molar-refractivity contribution in [3.8, 4) is 0 Å². The first-order valence-electron chi connectivity index (χ1n) is 10.6. The topological polar surface area (TPSA) is 84.3 Å². The third kappa shape index (κ3) is 4.47. The van der Waals surface area contributed by atoms with Crippen molar-refractivity contribution in [3.63, 3.8) is 0 Å². The first kappa shape index (κ1) is 23.2. The van der Waals surface area contributed by atoms with E-state index in [0.29, 0.717) is 12.5 Å². The van der Waals surface area contributed by atoms with Crippen molar-refractivity contribution in [1.82, 2.24) is 13.9 Å². The first-order chi connectivity index (χ1) is 15.6. The van der Waals surface area contributed by atoms with E-state index < -0.39 is 32.6 Å². The molecule has 7 nitrogen and oxygen atoms in total. The number of fused-ring (bicyclic) bond motifs is 1. The lowest BCUT2D eigenvalue weighted by atomic mass is 9.97. The quantitative estimate of drug-likeness (QED) is 0.596. The predicted molar refractivity (Wildman–Crippen MR) is 117 cm³/mol. The van der Waals surface area contributed by atoms with Gasteiger partial charge in [-0.1, -0.05) is 24.3 Å². The zero-order valence-corrected chi connectivity index (χ0v) is 18.7. The van der Waals surface area contributed by atoms with Crippen LogP contribution in [-0.2, 0) is 27.5 Å². The van der Waals surface area contributed by atoms with Crippen LogP contribution in [0.4, 0.5) is 19.1 Å². The van der Waals surface area contributed by atoms with Gasteiger partial charge in [-0.15, -0.1) is 0 Å². The van der Waals surface area contributed by atoms with Gasteiger partial charge in [0.05, 0.1) is 21.5 Å². The fourth-order valence-electron chi connectivity index (χ4n) is 4.13. The molecule has 0 radical (unpaired) electrons. The van der Waals surface area contributed by atoms with Crippen LogP contribution in [0.5, 0.6) is 0 Å². The zero-order chi connectivity index (χ0) is 23.8. The summed E-state index contributed by atoms with van der Waals surface area (Å²) in [5.74, 6) is -0.343. The summed E-state index contributed by atoms with van der Waals surface area (Å²) in [7, 11) is -4.35. The summed E-state index contributed by atoms with van der Waals surface area (Å²) in [6.45, 7) is 2.45. The van der Waals surface area contributed by atoms with Crippen LogP contribution in [0, 0.1) is 5.92 Å². The summed E-state index contributed by atoms with van der Waals surface area (Å²) in [5.41, 5.74) is 0.446. The molecule has 0 unspecified atom stereocenters. The second-order valence-electron chi connectivity index (χ2n) is 7.83. The van der Waals surface area contributed by atoms with Crippen molar-refractivity contribution in [2.24, 2.45) is 5.92 Å². The maximum atomic E-state index is 13.3. The lowest BCUT2D eigenvalue weighted by Crippen LogP contribution is -2.42. The van der Waals surface area contributed by atoms with E-state index in [1.807, 2.05) is 35.8 Å². The lowest BCUT2D eigenvalue weighted by molar-refractivity contribution is -0.139. The summed E-state index contributed by atoms with van der Waals surface area (Å²) in [6, 6.07) is 11.6. The number of imidazole rings is 1. The number of hydrogen-bond acceptors (Lipinski definition) is 4. The maximum absolute atomic E-state index is 13.3. The van der Waals surface area contributed by atoms with Crippen LogP contribution >= 0.6 is 0 Å². The number of para-hydroxylation sites is 2. The van der Waals surface area contributed by atoms with Crippen LogP contribution < -0.4 is 5.32 Å². The Balaban J connectivity index is 1.47. The first-order valence-corrected chi connectivity index (χ1v) is 12.0. The van der Waals surface area contributed by atoms with E-state index in [9.17, 15) is 26.4 Å². The van der Waals surface area contributed by atoms with Crippen LogP contribution in [-0.4, -0.2) is 41.3 Å². The summed E-state index contributed by atoms with van der Waals surface area (Å²) in [4.78, 5) is 16.5. The molecule has 1 aliphatic rings. The molecular formula is C22H23F3N4O3S. The molecule has 33 heavy (non-hydrogen) atoms. The lowest BCUT2D eigenvalue weighted by Gasteiger charge is -2.31. The molecule has 3 aromatic rings. The van der Waals surface area contributed by atoms with E-state index in [4.69, 9.17) is 0 Å². The van der Waals surface area contributed by atoms with Gasteiger partial charge in [0, 0.05) is 25.6 Å². The number of nitrogens with zero attached hydrogens (tertiary/aromatic N) is 3. The molecule has 0 atom stereocenters. The summed E-state index contributed by atoms with van der Waals surface area (Å²) >= 11 is 0. The molecule has 0 bridgehead atoms. The number of aryl methyl sites for hydroxylation is 1. The fourth-order valence-corrected chi connectivity index (χ4v) is 5.81. The number of anilines is 1. The third-order valence-electron chi connectivity index (χ3n) is 5.84.